The summed E-state index contributed by atoms with van der Waals surface area (Å²) in [5, 5.41) is 0.541. The number of aromatic nitrogens is 1. The van der Waals surface area contributed by atoms with E-state index in [0.717, 1.165) is 0 Å². The molecule has 0 saturated carbocycles. The maximum atomic E-state index is 11.4. The first kappa shape index (κ1) is 7.98. The lowest BCUT2D eigenvalue weighted by atomic mass is 10.2. The monoisotopic (exact) mass is 175 g/mol. The number of para-hydroxylation sites is 1. The van der Waals surface area contributed by atoms with Gasteiger partial charge in [0.1, 0.15) is 5.58 Å². The van der Waals surface area contributed by atoms with Gasteiger partial charge in [-0.3, -0.25) is 4.79 Å². The summed E-state index contributed by atoms with van der Waals surface area (Å²) < 4.78 is 5.38. The van der Waals surface area contributed by atoms with Gasteiger partial charge in [-0.2, -0.15) is 4.98 Å². The molecule has 0 unspecified atom stereocenters. The Labute approximate surface area is 75.0 Å². The summed E-state index contributed by atoms with van der Waals surface area (Å²) in [7, 11) is 0. The fourth-order valence-corrected chi connectivity index (χ4v) is 1.21. The molecule has 0 radical (unpaired) electrons. The summed E-state index contributed by atoms with van der Waals surface area (Å²) >= 11 is 0. The third kappa shape index (κ3) is 1.33. The van der Waals surface area contributed by atoms with Crippen molar-refractivity contribution in [1.82, 2.24) is 4.98 Å². The third-order valence-electron chi connectivity index (χ3n) is 1.87. The molecule has 0 aliphatic rings. The summed E-state index contributed by atoms with van der Waals surface area (Å²) in [6, 6.07) is 7.13. The van der Waals surface area contributed by atoms with Crippen LogP contribution >= 0.6 is 0 Å². The molecule has 0 spiro atoms. The molecule has 0 N–H and O–H groups in total. The highest BCUT2D eigenvalue weighted by atomic mass is 16.3. The Morgan fingerprint density at radius 1 is 1.38 bits per heavy atom. The zero-order valence-electron chi connectivity index (χ0n) is 7.28. The lowest BCUT2D eigenvalue weighted by Gasteiger charge is -1.97. The number of benzene rings is 1. The van der Waals surface area contributed by atoms with Gasteiger partial charge in [-0.15, -0.1) is 0 Å². The standard InChI is InChI=1S/C10H9NO2/c1-2-9-11-10(12)7-5-3-4-6-8(7)13-9/h3-6H,2H2,1H3. The Kier molecular flexibility index (Phi) is 1.85. The second-order valence-electron chi connectivity index (χ2n) is 2.76. The predicted molar refractivity (Wildman–Crippen MR) is 49.7 cm³/mol. The highest BCUT2D eigenvalue weighted by molar-refractivity contribution is 5.74. The average molecular weight is 175 g/mol. The number of fused-ring (bicyclic) bond motifs is 1. The van der Waals surface area contributed by atoms with Crippen molar-refractivity contribution in [3.8, 4) is 0 Å². The van der Waals surface area contributed by atoms with Crippen LogP contribution in [-0.4, -0.2) is 4.98 Å². The van der Waals surface area contributed by atoms with E-state index >= 15 is 0 Å². The molecular weight excluding hydrogens is 166 g/mol. The maximum absolute atomic E-state index is 11.4. The van der Waals surface area contributed by atoms with Gasteiger partial charge in [-0.1, -0.05) is 19.1 Å². The van der Waals surface area contributed by atoms with Crippen LogP contribution < -0.4 is 5.56 Å². The van der Waals surface area contributed by atoms with E-state index in [1.165, 1.54) is 0 Å². The summed E-state index contributed by atoms with van der Waals surface area (Å²) in [5.41, 5.74) is 0.401. The Morgan fingerprint density at radius 2 is 2.15 bits per heavy atom. The fraction of sp³-hybridized carbons (Fsp3) is 0.200. The molecule has 3 nitrogen and oxygen atoms in total. The van der Waals surface area contributed by atoms with Crippen molar-refractivity contribution in [2.24, 2.45) is 0 Å². The second kappa shape index (κ2) is 3.01. The van der Waals surface area contributed by atoms with Crippen molar-refractivity contribution in [3.05, 3.63) is 40.5 Å². The van der Waals surface area contributed by atoms with Crippen molar-refractivity contribution >= 4 is 11.0 Å². The molecule has 0 amide bonds. The maximum Gasteiger partial charge on any atom is 0.283 e. The van der Waals surface area contributed by atoms with Crippen molar-refractivity contribution in [2.75, 3.05) is 0 Å². The zero-order valence-corrected chi connectivity index (χ0v) is 7.28. The summed E-state index contributed by atoms with van der Waals surface area (Å²) in [4.78, 5) is 15.2. The van der Waals surface area contributed by atoms with Crippen molar-refractivity contribution in [2.45, 2.75) is 13.3 Å². The minimum atomic E-state index is -0.210. The van der Waals surface area contributed by atoms with Gasteiger partial charge in [0.15, 0.2) is 5.89 Å². The molecule has 13 heavy (non-hydrogen) atoms. The molecule has 0 aliphatic carbocycles. The van der Waals surface area contributed by atoms with Gasteiger partial charge in [0, 0.05) is 6.42 Å². The highest BCUT2D eigenvalue weighted by Gasteiger charge is 2.02. The smallest absolute Gasteiger partial charge is 0.283 e. The van der Waals surface area contributed by atoms with Crippen LogP contribution in [0.15, 0.2) is 33.5 Å². The largest absolute Gasteiger partial charge is 0.442 e. The highest BCUT2D eigenvalue weighted by Crippen LogP contribution is 2.09. The van der Waals surface area contributed by atoms with Crippen LogP contribution in [0.25, 0.3) is 11.0 Å². The molecule has 66 valence electrons. The van der Waals surface area contributed by atoms with Crippen LogP contribution in [0.5, 0.6) is 0 Å². The molecule has 0 bridgehead atoms. The van der Waals surface area contributed by atoms with E-state index in [1.807, 2.05) is 13.0 Å². The third-order valence-corrected chi connectivity index (χ3v) is 1.87. The predicted octanol–water partition coefficient (Wildman–Crippen LogP) is 1.75. The van der Waals surface area contributed by atoms with Gasteiger partial charge in [0.05, 0.1) is 5.39 Å². The Hall–Kier alpha value is -1.64. The lowest BCUT2D eigenvalue weighted by Crippen LogP contribution is -2.08. The molecule has 0 saturated heterocycles. The van der Waals surface area contributed by atoms with E-state index in [-0.39, 0.29) is 5.56 Å². The van der Waals surface area contributed by atoms with E-state index in [4.69, 9.17) is 4.42 Å². The van der Waals surface area contributed by atoms with Crippen molar-refractivity contribution < 1.29 is 4.42 Å². The molecule has 1 heterocycles. The van der Waals surface area contributed by atoms with Crippen LogP contribution in [0.4, 0.5) is 0 Å². The number of hydrogen-bond donors (Lipinski definition) is 0. The van der Waals surface area contributed by atoms with E-state index < -0.39 is 0 Å². The zero-order chi connectivity index (χ0) is 9.26. The van der Waals surface area contributed by atoms with Crippen LogP contribution in [0.3, 0.4) is 0 Å². The van der Waals surface area contributed by atoms with Crippen molar-refractivity contribution in [3.63, 3.8) is 0 Å². The van der Waals surface area contributed by atoms with Gasteiger partial charge in [0.25, 0.3) is 5.56 Å². The topological polar surface area (TPSA) is 43.1 Å². The molecular formula is C10H9NO2. The summed E-state index contributed by atoms with van der Waals surface area (Å²) in [5.74, 6) is 0.490. The normalized spacial score (nSPS) is 10.5. The molecule has 2 rings (SSSR count). The van der Waals surface area contributed by atoms with Gasteiger partial charge in [-0.25, -0.2) is 0 Å². The SMILES string of the molecule is CCc1nc(=O)c2ccccc2o1. The van der Waals surface area contributed by atoms with E-state index in [1.54, 1.807) is 18.2 Å². The van der Waals surface area contributed by atoms with E-state index in [2.05, 4.69) is 4.98 Å². The molecule has 1 aromatic carbocycles. The van der Waals surface area contributed by atoms with E-state index in [0.29, 0.717) is 23.3 Å². The first-order valence-electron chi connectivity index (χ1n) is 4.20. The number of aryl methyl sites for hydroxylation is 1. The first-order chi connectivity index (χ1) is 6.31. The van der Waals surface area contributed by atoms with Gasteiger partial charge < -0.3 is 4.42 Å². The number of rotatable bonds is 1. The molecule has 3 heteroatoms. The van der Waals surface area contributed by atoms with Crippen LogP contribution in [-0.2, 0) is 6.42 Å². The Balaban J connectivity index is 2.85. The molecule has 0 atom stereocenters. The van der Waals surface area contributed by atoms with Crippen LogP contribution in [0.1, 0.15) is 12.8 Å². The fourth-order valence-electron chi connectivity index (χ4n) is 1.21. The van der Waals surface area contributed by atoms with Gasteiger partial charge in [-0.05, 0) is 12.1 Å². The van der Waals surface area contributed by atoms with Gasteiger partial charge in [0.2, 0.25) is 0 Å². The Morgan fingerprint density at radius 3 is 2.92 bits per heavy atom. The molecule has 0 fully saturated rings. The Bertz CT molecular complexity index is 487. The number of hydrogen-bond acceptors (Lipinski definition) is 3. The van der Waals surface area contributed by atoms with Crippen LogP contribution in [0.2, 0.25) is 0 Å². The van der Waals surface area contributed by atoms with E-state index in [9.17, 15) is 4.79 Å². The van der Waals surface area contributed by atoms with Crippen molar-refractivity contribution in [1.29, 1.82) is 0 Å². The minimum Gasteiger partial charge on any atom is -0.442 e. The molecule has 0 aliphatic heterocycles. The minimum absolute atomic E-state index is 0.210. The number of nitrogens with zero attached hydrogens (tertiary/aromatic N) is 1. The first-order valence-corrected chi connectivity index (χ1v) is 4.20. The van der Waals surface area contributed by atoms with Crippen LogP contribution in [0, 0.1) is 0 Å². The lowest BCUT2D eigenvalue weighted by molar-refractivity contribution is 0.512. The molecule has 2 aromatic rings. The summed E-state index contributed by atoms with van der Waals surface area (Å²) in [6.07, 6.45) is 0.639. The molecule has 1 aromatic heterocycles. The summed E-state index contributed by atoms with van der Waals surface area (Å²) in [6.45, 7) is 1.90. The second-order valence-corrected chi connectivity index (χ2v) is 2.76. The quantitative estimate of drug-likeness (QED) is 0.663. The van der Waals surface area contributed by atoms with Gasteiger partial charge >= 0.3 is 0 Å². The average Bonchev–Trinajstić information content (AvgIpc) is 2.18.